The predicted molar refractivity (Wildman–Crippen MR) is 88.4 cm³/mol. The molecule has 21 heavy (non-hydrogen) atoms. The molecule has 0 aliphatic heterocycles. The highest BCUT2D eigenvalue weighted by Gasteiger charge is 2.07. The van der Waals surface area contributed by atoms with E-state index in [0.29, 0.717) is 12.3 Å². The summed E-state index contributed by atoms with van der Waals surface area (Å²) in [6, 6.07) is 18.0. The molecular formula is C19H23NO. The van der Waals surface area contributed by atoms with Gasteiger partial charge in [-0.05, 0) is 42.0 Å². The van der Waals surface area contributed by atoms with Gasteiger partial charge in [0.25, 0.3) is 0 Å². The van der Waals surface area contributed by atoms with Gasteiger partial charge in [0.15, 0.2) is 0 Å². The summed E-state index contributed by atoms with van der Waals surface area (Å²) < 4.78 is 0. The van der Waals surface area contributed by atoms with Gasteiger partial charge >= 0.3 is 0 Å². The molecule has 0 aromatic heterocycles. The van der Waals surface area contributed by atoms with Crippen molar-refractivity contribution in [2.24, 2.45) is 5.92 Å². The fourth-order valence-electron chi connectivity index (χ4n) is 2.43. The summed E-state index contributed by atoms with van der Waals surface area (Å²) in [7, 11) is 0. The van der Waals surface area contributed by atoms with E-state index in [0.717, 1.165) is 18.5 Å². The zero-order valence-electron chi connectivity index (χ0n) is 12.8. The maximum Gasteiger partial charge on any atom is 0.224 e. The number of amides is 1. The van der Waals surface area contributed by atoms with Crippen molar-refractivity contribution in [1.29, 1.82) is 0 Å². The molecule has 2 nitrogen and oxygen atoms in total. The normalized spacial score (nSPS) is 10.6. The smallest absolute Gasteiger partial charge is 0.224 e. The van der Waals surface area contributed by atoms with Crippen molar-refractivity contribution >= 4 is 11.6 Å². The minimum atomic E-state index is 0.0700. The average molecular weight is 281 g/mol. The molecule has 0 bridgehead atoms. The highest BCUT2D eigenvalue weighted by Crippen LogP contribution is 2.16. The Morgan fingerprint density at radius 1 is 0.952 bits per heavy atom. The van der Waals surface area contributed by atoms with Gasteiger partial charge in [0.05, 0.1) is 0 Å². The van der Waals surface area contributed by atoms with Crippen LogP contribution in [0.15, 0.2) is 54.6 Å². The summed E-state index contributed by atoms with van der Waals surface area (Å²) in [4.78, 5) is 12.0. The quantitative estimate of drug-likeness (QED) is 0.832. The predicted octanol–water partition coefficient (Wildman–Crippen LogP) is 4.46. The fourth-order valence-corrected chi connectivity index (χ4v) is 2.43. The van der Waals surface area contributed by atoms with E-state index < -0.39 is 0 Å². The Bertz CT molecular complexity index is 575. The number of aryl methyl sites for hydroxylation is 1. The summed E-state index contributed by atoms with van der Waals surface area (Å²) in [6.07, 6.45) is 2.38. The maximum absolute atomic E-state index is 12.0. The maximum atomic E-state index is 12.0. The number of nitrogens with one attached hydrogen (secondary N) is 1. The number of anilines is 1. The minimum Gasteiger partial charge on any atom is -0.326 e. The Kier molecular flexibility index (Phi) is 5.56. The number of carbonyl (C=O) groups is 1. The minimum absolute atomic E-state index is 0.0700. The third kappa shape index (κ3) is 5.07. The number of rotatable bonds is 6. The summed E-state index contributed by atoms with van der Waals surface area (Å²) in [5, 5.41) is 2.93. The van der Waals surface area contributed by atoms with E-state index in [9.17, 15) is 4.79 Å². The molecular weight excluding hydrogens is 258 g/mol. The Hall–Kier alpha value is -2.09. The SMILES string of the molecule is CC(C)Cc1ccccc1CCC(=O)Nc1ccccc1. The topological polar surface area (TPSA) is 29.1 Å². The lowest BCUT2D eigenvalue weighted by Gasteiger charge is -2.11. The molecule has 0 unspecified atom stereocenters. The molecule has 0 heterocycles. The van der Waals surface area contributed by atoms with Gasteiger partial charge in [-0.2, -0.15) is 0 Å². The zero-order chi connectivity index (χ0) is 15.1. The van der Waals surface area contributed by atoms with E-state index in [2.05, 4.69) is 37.4 Å². The van der Waals surface area contributed by atoms with Crippen LogP contribution < -0.4 is 5.32 Å². The Labute approximate surface area is 127 Å². The Morgan fingerprint density at radius 2 is 1.57 bits per heavy atom. The van der Waals surface area contributed by atoms with Crippen molar-refractivity contribution < 1.29 is 4.79 Å². The van der Waals surface area contributed by atoms with Crippen LogP contribution in [0.3, 0.4) is 0 Å². The standard InChI is InChI=1S/C19H23NO/c1-15(2)14-17-9-7-6-8-16(17)12-13-19(21)20-18-10-4-3-5-11-18/h3-11,15H,12-14H2,1-2H3,(H,20,21). The third-order valence-electron chi connectivity index (χ3n) is 3.43. The van der Waals surface area contributed by atoms with Crippen molar-refractivity contribution in [3.8, 4) is 0 Å². The number of hydrogen-bond acceptors (Lipinski definition) is 1. The number of para-hydroxylation sites is 1. The second kappa shape index (κ2) is 7.63. The molecule has 2 aromatic carbocycles. The Balaban J connectivity index is 1.92. The first-order chi connectivity index (χ1) is 10.1. The monoisotopic (exact) mass is 281 g/mol. The molecule has 0 atom stereocenters. The zero-order valence-corrected chi connectivity index (χ0v) is 12.8. The van der Waals surface area contributed by atoms with Gasteiger partial charge in [-0.1, -0.05) is 56.3 Å². The van der Waals surface area contributed by atoms with Gasteiger partial charge in [-0.25, -0.2) is 0 Å². The largest absolute Gasteiger partial charge is 0.326 e. The lowest BCUT2D eigenvalue weighted by molar-refractivity contribution is -0.116. The summed E-state index contributed by atoms with van der Waals surface area (Å²) in [6.45, 7) is 4.44. The summed E-state index contributed by atoms with van der Waals surface area (Å²) in [5.41, 5.74) is 3.51. The highest BCUT2D eigenvalue weighted by atomic mass is 16.1. The second-order valence-electron chi connectivity index (χ2n) is 5.78. The van der Waals surface area contributed by atoms with Crippen LogP contribution in [0.25, 0.3) is 0 Å². The fraction of sp³-hybridized carbons (Fsp3) is 0.316. The average Bonchev–Trinajstić information content (AvgIpc) is 2.47. The van der Waals surface area contributed by atoms with Crippen LogP contribution in [0.4, 0.5) is 5.69 Å². The van der Waals surface area contributed by atoms with Gasteiger partial charge in [0.1, 0.15) is 0 Å². The lowest BCUT2D eigenvalue weighted by Crippen LogP contribution is -2.12. The molecule has 2 heteroatoms. The third-order valence-corrected chi connectivity index (χ3v) is 3.43. The van der Waals surface area contributed by atoms with Gasteiger partial charge in [0, 0.05) is 12.1 Å². The highest BCUT2D eigenvalue weighted by molar-refractivity contribution is 5.90. The van der Waals surface area contributed by atoms with Gasteiger partial charge in [-0.15, -0.1) is 0 Å². The molecule has 0 saturated heterocycles. The molecule has 110 valence electrons. The van der Waals surface area contributed by atoms with E-state index >= 15 is 0 Å². The van der Waals surface area contributed by atoms with Gasteiger partial charge in [-0.3, -0.25) is 4.79 Å². The lowest BCUT2D eigenvalue weighted by atomic mass is 9.95. The molecule has 0 fully saturated rings. The molecule has 2 aromatic rings. The van der Waals surface area contributed by atoms with Gasteiger partial charge in [0.2, 0.25) is 5.91 Å². The van der Waals surface area contributed by atoms with Crippen LogP contribution >= 0.6 is 0 Å². The molecule has 0 saturated carbocycles. The van der Waals surface area contributed by atoms with E-state index in [1.54, 1.807) is 0 Å². The molecule has 0 spiro atoms. The summed E-state index contributed by atoms with van der Waals surface area (Å²) in [5.74, 6) is 0.699. The van der Waals surface area contributed by atoms with Gasteiger partial charge < -0.3 is 5.32 Å². The Morgan fingerprint density at radius 3 is 2.24 bits per heavy atom. The van der Waals surface area contributed by atoms with Crippen molar-refractivity contribution in [3.05, 3.63) is 65.7 Å². The van der Waals surface area contributed by atoms with Crippen molar-refractivity contribution in [2.45, 2.75) is 33.1 Å². The van der Waals surface area contributed by atoms with Crippen LogP contribution in [0.2, 0.25) is 0 Å². The van der Waals surface area contributed by atoms with E-state index in [-0.39, 0.29) is 5.91 Å². The number of hydrogen-bond donors (Lipinski definition) is 1. The van der Waals surface area contributed by atoms with E-state index in [1.807, 2.05) is 36.4 Å². The molecule has 0 aliphatic carbocycles. The molecule has 0 aliphatic rings. The number of benzene rings is 2. The van der Waals surface area contributed by atoms with Crippen LogP contribution in [-0.2, 0) is 17.6 Å². The first kappa shape index (κ1) is 15.3. The van der Waals surface area contributed by atoms with Crippen LogP contribution in [0, 0.1) is 5.92 Å². The first-order valence-electron chi connectivity index (χ1n) is 7.57. The molecule has 2 rings (SSSR count). The first-order valence-corrected chi connectivity index (χ1v) is 7.57. The van der Waals surface area contributed by atoms with Crippen LogP contribution in [0.5, 0.6) is 0 Å². The number of carbonyl (C=O) groups excluding carboxylic acids is 1. The van der Waals surface area contributed by atoms with Crippen molar-refractivity contribution in [1.82, 2.24) is 0 Å². The van der Waals surface area contributed by atoms with Crippen molar-refractivity contribution in [2.75, 3.05) is 5.32 Å². The van der Waals surface area contributed by atoms with E-state index in [4.69, 9.17) is 0 Å². The second-order valence-corrected chi connectivity index (χ2v) is 5.78. The molecule has 1 N–H and O–H groups in total. The van der Waals surface area contributed by atoms with Crippen LogP contribution in [0.1, 0.15) is 31.4 Å². The van der Waals surface area contributed by atoms with Crippen molar-refractivity contribution in [3.63, 3.8) is 0 Å². The molecule has 0 radical (unpaired) electrons. The summed E-state index contributed by atoms with van der Waals surface area (Å²) >= 11 is 0. The van der Waals surface area contributed by atoms with E-state index in [1.165, 1.54) is 11.1 Å². The van der Waals surface area contributed by atoms with Crippen LogP contribution in [-0.4, -0.2) is 5.91 Å². The molecule has 1 amide bonds.